The van der Waals surface area contributed by atoms with Gasteiger partial charge in [-0.15, -0.1) is 17.1 Å². The number of thiazole rings is 1. The van der Waals surface area contributed by atoms with E-state index in [9.17, 15) is 13.2 Å². The van der Waals surface area contributed by atoms with Crippen molar-refractivity contribution in [2.75, 3.05) is 5.32 Å². The molecule has 4 heterocycles. The minimum atomic E-state index is -4.56. The molecule has 5 nitrogen and oxygen atoms in total. The van der Waals surface area contributed by atoms with Crippen LogP contribution in [0, 0.1) is 6.92 Å². The number of aryl methyl sites for hydroxylation is 3. The number of allylic oxidation sites excluding steroid dienone is 1. The zero-order valence-electron chi connectivity index (χ0n) is 26.9. The third-order valence-electron chi connectivity index (χ3n) is 7.80. The zero-order valence-corrected chi connectivity index (χ0v) is 27.7. The van der Waals surface area contributed by atoms with Gasteiger partial charge in [0.15, 0.2) is 5.13 Å². The average Bonchev–Trinajstić information content (AvgIpc) is 3.86. The third kappa shape index (κ3) is 6.95. The lowest BCUT2D eigenvalue weighted by Crippen LogP contribution is -2.19. The molecule has 0 saturated carbocycles. The second-order valence-corrected chi connectivity index (χ2v) is 11.3. The lowest BCUT2D eigenvalue weighted by atomic mass is 9.94. The maximum Gasteiger partial charge on any atom is 0.417 e. The maximum absolute atomic E-state index is 14.6. The van der Waals surface area contributed by atoms with Crippen molar-refractivity contribution in [3.05, 3.63) is 106 Å². The molecule has 0 spiro atoms. The van der Waals surface area contributed by atoms with E-state index in [-0.39, 0.29) is 6.81 Å². The van der Waals surface area contributed by atoms with Crippen molar-refractivity contribution in [3.8, 4) is 11.1 Å². The van der Waals surface area contributed by atoms with E-state index in [1.54, 1.807) is 10.9 Å². The number of rotatable bonds is 8. The first kappa shape index (κ1) is 33.8. The molecule has 6 rings (SSSR count). The van der Waals surface area contributed by atoms with Crippen LogP contribution in [0.3, 0.4) is 0 Å². The second-order valence-electron chi connectivity index (χ2n) is 10.4. The van der Waals surface area contributed by atoms with Gasteiger partial charge in [-0.2, -0.15) is 18.3 Å². The minimum absolute atomic E-state index is 0. The van der Waals surface area contributed by atoms with Gasteiger partial charge < -0.3 is 9.88 Å². The van der Waals surface area contributed by atoms with Crippen LogP contribution < -0.4 is 5.32 Å². The van der Waals surface area contributed by atoms with Gasteiger partial charge in [0.2, 0.25) is 0 Å². The molecule has 9 heteroatoms. The number of nitrogens with one attached hydrogen (secondary N) is 1. The highest BCUT2D eigenvalue weighted by atomic mass is 32.1. The Morgan fingerprint density at radius 1 is 1.16 bits per heavy atom. The third-order valence-corrected chi connectivity index (χ3v) is 8.49. The largest absolute Gasteiger partial charge is 0.417 e. The fourth-order valence-electron chi connectivity index (χ4n) is 5.86. The number of alkyl halides is 3. The van der Waals surface area contributed by atoms with Gasteiger partial charge in [-0.25, -0.2) is 4.98 Å². The highest BCUT2D eigenvalue weighted by Crippen LogP contribution is 2.42. The monoisotopic (exact) mass is 635 g/mol. The summed E-state index contributed by atoms with van der Waals surface area (Å²) in [5.74, 6) is 0. The molecule has 0 saturated heterocycles. The van der Waals surface area contributed by atoms with E-state index >= 15 is 0 Å². The molecular weight excluding hydrogens is 591 g/mol. The summed E-state index contributed by atoms with van der Waals surface area (Å²) in [5.41, 5.74) is 8.44. The van der Waals surface area contributed by atoms with Gasteiger partial charge in [-0.05, 0) is 60.6 Å². The summed E-state index contributed by atoms with van der Waals surface area (Å²) in [6.07, 6.45) is 4.51. The molecule has 0 fully saturated rings. The first-order valence-corrected chi connectivity index (χ1v) is 16.6. The van der Waals surface area contributed by atoms with Gasteiger partial charge in [-0.1, -0.05) is 71.9 Å². The van der Waals surface area contributed by atoms with Crippen molar-refractivity contribution in [3.63, 3.8) is 0 Å². The molecule has 1 unspecified atom stereocenters. The van der Waals surface area contributed by atoms with Crippen molar-refractivity contribution in [1.82, 2.24) is 19.3 Å². The fraction of sp³-hybridized carbons (Fsp3) is 0.361. The molecule has 0 aliphatic carbocycles. The highest BCUT2D eigenvalue weighted by Gasteiger charge is 2.36. The van der Waals surface area contributed by atoms with Crippen LogP contribution in [0.1, 0.15) is 82.9 Å². The van der Waals surface area contributed by atoms with Crippen LogP contribution in [0.5, 0.6) is 0 Å². The Balaban J connectivity index is 0.00000111. The first-order chi connectivity index (χ1) is 21.8. The van der Waals surface area contributed by atoms with Gasteiger partial charge in [-0.3, -0.25) is 4.68 Å². The van der Waals surface area contributed by atoms with Gasteiger partial charge in [0.25, 0.3) is 0 Å². The van der Waals surface area contributed by atoms with Crippen molar-refractivity contribution in [1.29, 1.82) is 0 Å². The van der Waals surface area contributed by atoms with Crippen LogP contribution in [0.15, 0.2) is 78.4 Å². The molecule has 0 amide bonds. The molecule has 3 aromatic heterocycles. The smallest absolute Gasteiger partial charge is 0.351 e. The molecule has 1 atom stereocenters. The van der Waals surface area contributed by atoms with Crippen LogP contribution in [-0.4, -0.2) is 19.3 Å². The van der Waals surface area contributed by atoms with E-state index in [0.29, 0.717) is 27.5 Å². The standard InChI is InChI=1S/C32H30F3N5S.2C2H6.H2/c1-4-7-21-9-11-22(12-10-21)24-18-26(32(33,34)35)25-19-40(38-29(25)20(24)3)30(23-13-16-39-15-6-8-28(23)39)27(5-2)37-31-36-14-17-41-31;2*1-2;/h9-14,16-19,30H,2,4,6-8,15H2,1,3H3,(H,36,37);2*1-2H3;1H. The summed E-state index contributed by atoms with van der Waals surface area (Å²) in [4.78, 5) is 4.34. The van der Waals surface area contributed by atoms with E-state index < -0.39 is 17.8 Å². The van der Waals surface area contributed by atoms with Gasteiger partial charge >= 0.3 is 6.18 Å². The molecule has 1 aliphatic rings. The first-order valence-electron chi connectivity index (χ1n) is 15.7. The molecule has 2 aromatic carbocycles. The fourth-order valence-corrected chi connectivity index (χ4v) is 6.40. The van der Waals surface area contributed by atoms with Crippen molar-refractivity contribution in [2.45, 2.75) is 86.0 Å². The molecule has 1 aliphatic heterocycles. The maximum atomic E-state index is 14.6. The van der Waals surface area contributed by atoms with E-state index in [1.807, 2.05) is 76.5 Å². The minimum Gasteiger partial charge on any atom is -0.351 e. The Labute approximate surface area is 269 Å². The number of hydrogen-bond acceptors (Lipinski definition) is 4. The SMILES string of the molecule is C=C=C(Nc1nccs1)C(c1ccn2c1CCC2)n1cc2c(C(F)(F)F)cc(-c3ccc(CCC)cc3)c(C)c2n1.CC.CC.[HH]. The van der Waals surface area contributed by atoms with Crippen LogP contribution in [0.2, 0.25) is 0 Å². The predicted molar refractivity (Wildman–Crippen MR) is 183 cm³/mol. The summed E-state index contributed by atoms with van der Waals surface area (Å²) >= 11 is 1.42. The lowest BCUT2D eigenvalue weighted by Gasteiger charge is -2.21. The summed E-state index contributed by atoms with van der Waals surface area (Å²) in [7, 11) is 0. The average molecular weight is 636 g/mol. The van der Waals surface area contributed by atoms with E-state index in [0.717, 1.165) is 54.6 Å². The topological polar surface area (TPSA) is 47.7 Å². The summed E-state index contributed by atoms with van der Waals surface area (Å²) < 4.78 is 47.5. The Hall–Kier alpha value is -4.07. The van der Waals surface area contributed by atoms with Crippen LogP contribution in [0.4, 0.5) is 18.3 Å². The summed E-state index contributed by atoms with van der Waals surface area (Å²) in [6.45, 7) is 16.8. The van der Waals surface area contributed by atoms with Crippen molar-refractivity contribution >= 4 is 27.4 Å². The van der Waals surface area contributed by atoms with Crippen molar-refractivity contribution in [2.24, 2.45) is 0 Å². The van der Waals surface area contributed by atoms with Gasteiger partial charge in [0, 0.05) is 48.6 Å². The van der Waals surface area contributed by atoms with Crippen LogP contribution >= 0.6 is 11.3 Å². The van der Waals surface area contributed by atoms with Crippen LogP contribution in [-0.2, 0) is 25.6 Å². The van der Waals surface area contributed by atoms with E-state index in [4.69, 9.17) is 5.10 Å². The highest BCUT2D eigenvalue weighted by molar-refractivity contribution is 7.13. The van der Waals surface area contributed by atoms with E-state index in [1.165, 1.54) is 23.6 Å². The Bertz CT molecular complexity index is 1760. The Kier molecular flexibility index (Phi) is 11.1. The molecule has 0 bridgehead atoms. The van der Waals surface area contributed by atoms with E-state index in [2.05, 4.69) is 34.1 Å². The summed E-state index contributed by atoms with van der Waals surface area (Å²) in [5, 5.41) is 10.7. The second kappa shape index (κ2) is 14.8. The Morgan fingerprint density at radius 2 is 1.89 bits per heavy atom. The predicted octanol–water partition coefficient (Wildman–Crippen LogP) is 10.9. The molecule has 240 valence electrons. The van der Waals surface area contributed by atoms with Gasteiger partial charge in [0.1, 0.15) is 6.04 Å². The molecule has 5 aromatic rings. The zero-order chi connectivity index (χ0) is 32.7. The van der Waals surface area contributed by atoms with Crippen LogP contribution in [0.25, 0.3) is 22.0 Å². The number of nitrogens with zero attached hydrogens (tertiary/aromatic N) is 4. The van der Waals surface area contributed by atoms with Gasteiger partial charge in [0.05, 0.1) is 16.8 Å². The molecule has 0 radical (unpaired) electrons. The Morgan fingerprint density at radius 3 is 2.51 bits per heavy atom. The lowest BCUT2D eigenvalue weighted by molar-refractivity contribution is -0.136. The number of anilines is 1. The number of fused-ring (bicyclic) bond motifs is 2. The number of benzene rings is 2. The quantitative estimate of drug-likeness (QED) is 0.173. The molecular formula is C36H44F3N5S. The van der Waals surface area contributed by atoms with Crippen molar-refractivity contribution < 1.29 is 14.6 Å². The number of hydrogen-bond donors (Lipinski definition) is 1. The number of halogens is 3. The summed E-state index contributed by atoms with van der Waals surface area (Å²) in [6, 6.07) is 10.5. The number of aromatic nitrogens is 4. The normalized spacial score (nSPS) is 12.8. The molecule has 45 heavy (non-hydrogen) atoms. The molecule has 1 N–H and O–H groups in total.